The minimum absolute atomic E-state index is 0.260. The van der Waals surface area contributed by atoms with E-state index < -0.39 is 47.7 Å². The normalized spacial score (nSPS) is 45.5. The molecule has 34 heavy (non-hydrogen) atoms. The highest BCUT2D eigenvalue weighted by molar-refractivity contribution is 5.73. The molecule has 0 spiro atoms. The van der Waals surface area contributed by atoms with Gasteiger partial charge in [0.05, 0.1) is 0 Å². The maximum absolute atomic E-state index is 11.5. The van der Waals surface area contributed by atoms with Gasteiger partial charge >= 0.3 is 5.97 Å². The highest BCUT2D eigenvalue weighted by Crippen LogP contribution is 2.65. The van der Waals surface area contributed by atoms with Crippen molar-refractivity contribution in [1.82, 2.24) is 0 Å². The highest BCUT2D eigenvalue weighted by atomic mass is 16.7. The number of hydrogen-bond donors (Lipinski definition) is 5. The van der Waals surface area contributed by atoms with Gasteiger partial charge in [-0.2, -0.15) is 0 Å². The number of aliphatic carboxylic acids is 1. The molecule has 4 aliphatic rings. The molecule has 3 aliphatic carbocycles. The van der Waals surface area contributed by atoms with Gasteiger partial charge in [-0.15, -0.1) is 6.42 Å². The number of ether oxygens (including phenoxy) is 2. The average Bonchev–Trinajstić information content (AvgIpc) is 3.11. The van der Waals surface area contributed by atoms with E-state index in [-0.39, 0.29) is 11.7 Å². The predicted octanol–water partition coefficient (Wildman–Crippen LogP) is 1.53. The SMILES string of the molecule is C#C[C@]1(O[C@@H]2O[C@H](C(=O)O)[C@@H](O)[C@H](O)[C@H]2O)CC[C@H]2[C@@H]3CCc4cc(O)ccc4[C@H]3CC[C@@]21C. The second-order valence-corrected chi connectivity index (χ2v) is 10.6. The maximum atomic E-state index is 11.5. The second kappa shape index (κ2) is 8.21. The van der Waals surface area contributed by atoms with E-state index in [4.69, 9.17) is 15.9 Å². The summed E-state index contributed by atoms with van der Waals surface area (Å²) in [6, 6.07) is 5.65. The van der Waals surface area contributed by atoms with Crippen LogP contribution in [0.1, 0.15) is 56.1 Å². The Morgan fingerprint density at radius 3 is 2.62 bits per heavy atom. The molecular formula is C26H32O8. The summed E-state index contributed by atoms with van der Waals surface area (Å²) in [4.78, 5) is 11.5. The van der Waals surface area contributed by atoms with Crippen LogP contribution >= 0.6 is 0 Å². The molecule has 8 nitrogen and oxygen atoms in total. The lowest BCUT2D eigenvalue weighted by Crippen LogP contribution is -2.63. The first-order valence-electron chi connectivity index (χ1n) is 12.0. The monoisotopic (exact) mass is 472 g/mol. The van der Waals surface area contributed by atoms with Crippen LogP contribution in [0.4, 0.5) is 0 Å². The molecule has 10 atom stereocenters. The molecule has 0 bridgehead atoms. The molecule has 3 fully saturated rings. The van der Waals surface area contributed by atoms with Crippen LogP contribution in [-0.2, 0) is 20.7 Å². The number of terminal acetylenes is 1. The van der Waals surface area contributed by atoms with Crippen molar-refractivity contribution in [3.8, 4) is 18.1 Å². The van der Waals surface area contributed by atoms with Crippen LogP contribution in [0.15, 0.2) is 18.2 Å². The third-order valence-electron chi connectivity index (χ3n) is 9.19. The largest absolute Gasteiger partial charge is 0.508 e. The van der Waals surface area contributed by atoms with Gasteiger partial charge in [-0.1, -0.05) is 18.9 Å². The summed E-state index contributed by atoms with van der Waals surface area (Å²) in [6.45, 7) is 2.11. The van der Waals surface area contributed by atoms with Crippen LogP contribution in [0.25, 0.3) is 0 Å². The molecule has 2 saturated carbocycles. The summed E-state index contributed by atoms with van der Waals surface area (Å²) in [7, 11) is 0. The number of phenolic OH excluding ortho intramolecular Hbond substituents is 1. The number of carboxylic acids is 1. The van der Waals surface area contributed by atoms with E-state index in [9.17, 15) is 30.3 Å². The first-order chi connectivity index (χ1) is 16.1. The van der Waals surface area contributed by atoms with Crippen molar-refractivity contribution in [2.75, 3.05) is 0 Å². The van der Waals surface area contributed by atoms with Gasteiger partial charge in [0.1, 0.15) is 29.7 Å². The number of aliphatic hydroxyl groups excluding tert-OH is 3. The fraction of sp³-hybridized carbons (Fsp3) is 0.654. The Balaban J connectivity index is 1.42. The van der Waals surface area contributed by atoms with E-state index in [0.29, 0.717) is 18.3 Å². The summed E-state index contributed by atoms with van der Waals surface area (Å²) >= 11 is 0. The van der Waals surface area contributed by atoms with Crippen molar-refractivity contribution in [3.05, 3.63) is 29.3 Å². The summed E-state index contributed by atoms with van der Waals surface area (Å²) < 4.78 is 11.7. The number of hydrogen-bond acceptors (Lipinski definition) is 7. The quantitative estimate of drug-likeness (QED) is 0.418. The number of benzene rings is 1. The van der Waals surface area contributed by atoms with Crippen molar-refractivity contribution in [2.45, 2.75) is 87.7 Å². The van der Waals surface area contributed by atoms with E-state index >= 15 is 0 Å². The fourth-order valence-electron chi connectivity index (χ4n) is 7.38. The van der Waals surface area contributed by atoms with Gasteiger partial charge < -0.3 is 35.0 Å². The lowest BCUT2D eigenvalue weighted by atomic mass is 9.53. The lowest BCUT2D eigenvalue weighted by Gasteiger charge is -2.54. The molecule has 8 heteroatoms. The number of carboxylic acid groups (broad SMARTS) is 1. The standard InChI is InChI=1S/C26H32O8/c1-3-26(34-24-21(30)19(28)20(29)22(33-24)23(31)32)11-9-18-17-6-4-13-12-14(27)5-7-15(13)16(17)8-10-25(18,26)2/h1,5,7,12,16-22,24,27-30H,4,6,8-11H2,2H3,(H,31,32)/t16-,17-,18+,19+,20+,21-,22+,24+,25+,26+/m1/s1. The van der Waals surface area contributed by atoms with E-state index in [1.54, 1.807) is 6.07 Å². The molecule has 5 rings (SSSR count). The van der Waals surface area contributed by atoms with Crippen LogP contribution < -0.4 is 0 Å². The first-order valence-corrected chi connectivity index (χ1v) is 12.0. The van der Waals surface area contributed by atoms with Crippen molar-refractivity contribution in [2.24, 2.45) is 17.3 Å². The van der Waals surface area contributed by atoms with Gasteiger partial charge in [-0.25, -0.2) is 4.79 Å². The number of phenols is 1. The topological polar surface area (TPSA) is 137 Å². The molecule has 1 saturated heterocycles. The Morgan fingerprint density at radius 1 is 1.15 bits per heavy atom. The molecule has 0 aromatic heterocycles. The molecule has 0 unspecified atom stereocenters. The van der Waals surface area contributed by atoms with Gasteiger partial charge in [0.15, 0.2) is 12.4 Å². The van der Waals surface area contributed by atoms with E-state index in [1.807, 2.05) is 12.1 Å². The van der Waals surface area contributed by atoms with E-state index in [2.05, 4.69) is 12.8 Å². The van der Waals surface area contributed by atoms with Gasteiger partial charge in [0.25, 0.3) is 0 Å². The van der Waals surface area contributed by atoms with Gasteiger partial charge in [-0.05, 0) is 79.5 Å². The molecule has 184 valence electrons. The first kappa shape index (κ1) is 23.6. The molecular weight excluding hydrogens is 440 g/mol. The Hall–Kier alpha value is -2.15. The van der Waals surface area contributed by atoms with Gasteiger partial charge in [0, 0.05) is 5.41 Å². The summed E-state index contributed by atoms with van der Waals surface area (Å²) in [5, 5.41) is 50.1. The Labute approximate surface area is 198 Å². The molecule has 0 amide bonds. The lowest BCUT2D eigenvalue weighted by molar-refractivity contribution is -0.324. The summed E-state index contributed by atoms with van der Waals surface area (Å²) in [6.07, 6.45) is 2.62. The average molecular weight is 473 g/mol. The highest BCUT2D eigenvalue weighted by Gasteiger charge is 2.64. The van der Waals surface area contributed by atoms with Crippen molar-refractivity contribution in [3.63, 3.8) is 0 Å². The zero-order chi connectivity index (χ0) is 24.4. The Kier molecular flexibility index (Phi) is 5.70. The summed E-state index contributed by atoms with van der Waals surface area (Å²) in [5.74, 6) is 2.70. The molecule has 1 aromatic carbocycles. The Morgan fingerprint density at radius 2 is 1.91 bits per heavy atom. The smallest absolute Gasteiger partial charge is 0.335 e. The predicted molar refractivity (Wildman–Crippen MR) is 120 cm³/mol. The molecule has 1 heterocycles. The minimum atomic E-state index is -1.78. The molecule has 0 radical (unpaired) electrons. The number of aliphatic hydroxyl groups is 3. The maximum Gasteiger partial charge on any atom is 0.335 e. The van der Waals surface area contributed by atoms with Crippen LogP contribution in [0.2, 0.25) is 0 Å². The van der Waals surface area contributed by atoms with Crippen molar-refractivity contribution < 1.29 is 39.8 Å². The molecule has 1 aliphatic heterocycles. The number of carbonyl (C=O) groups is 1. The number of rotatable bonds is 3. The Bertz CT molecular complexity index is 1020. The van der Waals surface area contributed by atoms with Crippen molar-refractivity contribution >= 4 is 5.97 Å². The third-order valence-corrected chi connectivity index (χ3v) is 9.19. The zero-order valence-electron chi connectivity index (χ0n) is 19.1. The molecule has 1 aromatic rings. The van der Waals surface area contributed by atoms with Crippen LogP contribution in [0.3, 0.4) is 0 Å². The molecule has 5 N–H and O–H groups in total. The zero-order valence-corrected chi connectivity index (χ0v) is 19.1. The second-order valence-electron chi connectivity index (χ2n) is 10.6. The summed E-state index contributed by atoms with van der Waals surface area (Å²) in [5.41, 5.74) is 0.963. The van der Waals surface area contributed by atoms with Gasteiger partial charge in [0.2, 0.25) is 0 Å². The van der Waals surface area contributed by atoms with E-state index in [1.165, 1.54) is 11.1 Å². The number of aromatic hydroxyl groups is 1. The van der Waals surface area contributed by atoms with E-state index in [0.717, 1.165) is 32.1 Å². The van der Waals surface area contributed by atoms with Crippen LogP contribution in [-0.4, -0.2) is 67.8 Å². The number of fused-ring (bicyclic) bond motifs is 5. The van der Waals surface area contributed by atoms with Crippen LogP contribution in [0, 0.1) is 29.6 Å². The minimum Gasteiger partial charge on any atom is -0.508 e. The fourth-order valence-corrected chi connectivity index (χ4v) is 7.38. The van der Waals surface area contributed by atoms with Gasteiger partial charge in [-0.3, -0.25) is 0 Å². The van der Waals surface area contributed by atoms with Crippen molar-refractivity contribution in [1.29, 1.82) is 0 Å². The third kappa shape index (κ3) is 3.29. The van der Waals surface area contributed by atoms with Crippen LogP contribution in [0.5, 0.6) is 5.75 Å². The number of aryl methyl sites for hydroxylation is 1.